The van der Waals surface area contributed by atoms with Crippen molar-refractivity contribution < 1.29 is 9.90 Å². The van der Waals surface area contributed by atoms with Crippen LogP contribution in [-0.2, 0) is 5.54 Å². The van der Waals surface area contributed by atoms with E-state index in [-0.39, 0.29) is 12.4 Å². The van der Waals surface area contributed by atoms with Crippen LogP contribution in [0.3, 0.4) is 0 Å². The Kier molecular flexibility index (Phi) is 3.69. The molecule has 0 saturated carbocycles. The first-order chi connectivity index (χ1) is 10.9. The molecule has 0 radical (unpaired) electrons. The van der Waals surface area contributed by atoms with Gasteiger partial charge in [-0.25, -0.2) is 15.0 Å². The van der Waals surface area contributed by atoms with Gasteiger partial charge in [0.2, 0.25) is 0 Å². The fraction of sp³-hybridized carbons (Fsp3) is 0.294. The van der Waals surface area contributed by atoms with E-state index in [0.717, 1.165) is 16.6 Å². The van der Waals surface area contributed by atoms with Crippen molar-refractivity contribution in [3.63, 3.8) is 0 Å². The van der Waals surface area contributed by atoms with Gasteiger partial charge in [0.15, 0.2) is 5.78 Å². The highest BCUT2D eigenvalue weighted by Crippen LogP contribution is 2.32. The summed E-state index contributed by atoms with van der Waals surface area (Å²) in [6.07, 6.45) is 6.56. The Labute approximate surface area is 133 Å². The average Bonchev–Trinajstić information content (AvgIpc) is 2.99. The average molecular weight is 310 g/mol. The lowest BCUT2D eigenvalue weighted by Crippen LogP contribution is -2.29. The minimum atomic E-state index is -0.517. The second-order valence-electron chi connectivity index (χ2n) is 6.16. The SMILES string of the molecule is CC(=O)c1cc(-c2cncnc2)c2c(c1)ncn2C(C)(C)CO. The van der Waals surface area contributed by atoms with Crippen molar-refractivity contribution in [2.45, 2.75) is 26.3 Å². The fourth-order valence-electron chi connectivity index (χ4n) is 2.55. The van der Waals surface area contributed by atoms with Crippen LogP contribution in [0.1, 0.15) is 31.1 Å². The molecule has 3 aromatic rings. The Morgan fingerprint density at radius 1 is 1.26 bits per heavy atom. The summed E-state index contributed by atoms with van der Waals surface area (Å²) in [5.41, 5.74) is 3.26. The first kappa shape index (κ1) is 15.3. The summed E-state index contributed by atoms with van der Waals surface area (Å²) < 4.78 is 1.93. The summed E-state index contributed by atoms with van der Waals surface area (Å²) in [5.74, 6) is -0.0269. The number of ketones is 1. The quantitative estimate of drug-likeness (QED) is 0.748. The number of rotatable bonds is 4. The van der Waals surface area contributed by atoms with Crippen molar-refractivity contribution >= 4 is 16.8 Å². The highest BCUT2D eigenvalue weighted by atomic mass is 16.3. The Bertz CT molecular complexity index is 869. The van der Waals surface area contributed by atoms with E-state index in [4.69, 9.17) is 0 Å². The predicted molar refractivity (Wildman–Crippen MR) is 87.2 cm³/mol. The summed E-state index contributed by atoms with van der Waals surface area (Å²) in [6, 6.07) is 3.60. The number of benzene rings is 1. The van der Waals surface area contributed by atoms with Crippen LogP contribution < -0.4 is 0 Å². The Morgan fingerprint density at radius 3 is 2.57 bits per heavy atom. The number of aliphatic hydroxyl groups excluding tert-OH is 1. The molecule has 0 atom stereocenters. The monoisotopic (exact) mass is 310 g/mol. The first-order valence-corrected chi connectivity index (χ1v) is 7.33. The number of hydrogen-bond donors (Lipinski definition) is 1. The van der Waals surface area contributed by atoms with Crippen molar-refractivity contribution in [3.05, 3.63) is 42.7 Å². The number of imidazole rings is 1. The van der Waals surface area contributed by atoms with E-state index in [1.54, 1.807) is 24.8 Å². The predicted octanol–water partition coefficient (Wildman–Crippen LogP) is 2.42. The highest BCUT2D eigenvalue weighted by molar-refractivity contribution is 6.02. The Balaban J connectivity index is 2.38. The molecule has 0 fully saturated rings. The molecule has 1 N–H and O–H groups in total. The van der Waals surface area contributed by atoms with Gasteiger partial charge < -0.3 is 9.67 Å². The van der Waals surface area contributed by atoms with Gasteiger partial charge in [0, 0.05) is 29.1 Å². The van der Waals surface area contributed by atoms with Crippen LogP contribution in [0, 0.1) is 0 Å². The van der Waals surface area contributed by atoms with Gasteiger partial charge >= 0.3 is 0 Å². The van der Waals surface area contributed by atoms with Crippen molar-refractivity contribution in [1.29, 1.82) is 0 Å². The number of nitrogens with zero attached hydrogens (tertiary/aromatic N) is 4. The van der Waals surface area contributed by atoms with Crippen LogP contribution >= 0.6 is 0 Å². The van der Waals surface area contributed by atoms with Crippen LogP contribution in [0.15, 0.2) is 37.2 Å². The zero-order chi connectivity index (χ0) is 16.6. The van der Waals surface area contributed by atoms with Crippen molar-refractivity contribution in [2.24, 2.45) is 0 Å². The minimum Gasteiger partial charge on any atom is -0.394 e. The van der Waals surface area contributed by atoms with Gasteiger partial charge in [-0.1, -0.05) is 0 Å². The maximum absolute atomic E-state index is 11.8. The van der Waals surface area contributed by atoms with Crippen LogP contribution in [0.4, 0.5) is 0 Å². The molecule has 2 aromatic heterocycles. The molecule has 23 heavy (non-hydrogen) atoms. The molecule has 0 saturated heterocycles. The molecular formula is C17H18N4O2. The van der Waals surface area contributed by atoms with Gasteiger partial charge in [-0.15, -0.1) is 0 Å². The second-order valence-corrected chi connectivity index (χ2v) is 6.16. The van der Waals surface area contributed by atoms with Crippen molar-refractivity contribution in [2.75, 3.05) is 6.61 Å². The Hall–Kier alpha value is -2.60. The molecule has 0 aliphatic rings. The fourth-order valence-corrected chi connectivity index (χ4v) is 2.55. The molecule has 118 valence electrons. The zero-order valence-corrected chi connectivity index (χ0v) is 13.3. The third kappa shape index (κ3) is 2.61. The largest absolute Gasteiger partial charge is 0.394 e. The molecule has 0 aliphatic carbocycles. The summed E-state index contributed by atoms with van der Waals surface area (Å²) in [7, 11) is 0. The lowest BCUT2D eigenvalue weighted by molar-refractivity contribution is 0.101. The summed E-state index contributed by atoms with van der Waals surface area (Å²) in [6.45, 7) is 5.36. The van der Waals surface area contributed by atoms with Gasteiger partial charge in [-0.3, -0.25) is 4.79 Å². The van der Waals surface area contributed by atoms with Crippen molar-refractivity contribution in [1.82, 2.24) is 19.5 Å². The smallest absolute Gasteiger partial charge is 0.159 e. The van der Waals surface area contributed by atoms with Crippen LogP contribution in [0.5, 0.6) is 0 Å². The van der Waals surface area contributed by atoms with E-state index < -0.39 is 5.54 Å². The molecule has 3 rings (SSSR count). The Morgan fingerprint density at radius 2 is 1.96 bits per heavy atom. The van der Waals surface area contributed by atoms with Gasteiger partial charge in [0.05, 0.1) is 29.5 Å². The van der Waals surface area contributed by atoms with Gasteiger partial charge in [0.1, 0.15) is 6.33 Å². The highest BCUT2D eigenvalue weighted by Gasteiger charge is 2.24. The molecule has 0 amide bonds. The summed E-state index contributed by atoms with van der Waals surface area (Å²) in [4.78, 5) is 24.4. The van der Waals surface area contributed by atoms with E-state index in [1.807, 2.05) is 24.5 Å². The second kappa shape index (κ2) is 5.55. The normalized spacial score (nSPS) is 11.8. The number of carbonyl (C=O) groups excluding carboxylic acids is 1. The minimum absolute atomic E-state index is 0.0269. The van der Waals surface area contributed by atoms with E-state index in [2.05, 4.69) is 15.0 Å². The third-order valence-corrected chi connectivity index (χ3v) is 3.96. The molecule has 0 spiro atoms. The van der Waals surface area contributed by atoms with Gasteiger partial charge in [-0.05, 0) is 32.9 Å². The van der Waals surface area contributed by atoms with E-state index in [0.29, 0.717) is 11.1 Å². The number of aliphatic hydroxyl groups is 1. The molecule has 6 nitrogen and oxygen atoms in total. The van der Waals surface area contributed by atoms with E-state index in [9.17, 15) is 9.90 Å². The van der Waals surface area contributed by atoms with Crippen LogP contribution in [-0.4, -0.2) is 37.0 Å². The number of aromatic nitrogens is 4. The lowest BCUT2D eigenvalue weighted by Gasteiger charge is -2.25. The van der Waals surface area contributed by atoms with Gasteiger partial charge in [-0.2, -0.15) is 0 Å². The summed E-state index contributed by atoms with van der Waals surface area (Å²) in [5, 5.41) is 9.70. The van der Waals surface area contributed by atoms with E-state index >= 15 is 0 Å². The first-order valence-electron chi connectivity index (χ1n) is 7.33. The maximum Gasteiger partial charge on any atom is 0.159 e. The molecular weight excluding hydrogens is 292 g/mol. The molecule has 0 aliphatic heterocycles. The lowest BCUT2D eigenvalue weighted by atomic mass is 9.99. The number of hydrogen-bond acceptors (Lipinski definition) is 5. The van der Waals surface area contributed by atoms with E-state index in [1.165, 1.54) is 13.3 Å². The molecule has 6 heteroatoms. The van der Waals surface area contributed by atoms with Crippen LogP contribution in [0.2, 0.25) is 0 Å². The topological polar surface area (TPSA) is 80.9 Å². The standard InChI is InChI=1S/C17H18N4O2/c1-11(23)12-4-14(13-6-18-9-19-7-13)16-15(5-12)20-10-21(16)17(2,3)8-22/h4-7,9-10,22H,8H2,1-3H3. The molecule has 2 heterocycles. The molecule has 0 unspecified atom stereocenters. The molecule has 0 bridgehead atoms. The number of fused-ring (bicyclic) bond motifs is 1. The van der Waals surface area contributed by atoms with Gasteiger partial charge in [0.25, 0.3) is 0 Å². The third-order valence-electron chi connectivity index (χ3n) is 3.96. The molecule has 1 aromatic carbocycles. The zero-order valence-electron chi connectivity index (χ0n) is 13.3. The number of Topliss-reactive ketones (excluding diaryl/α,β-unsaturated/α-hetero) is 1. The van der Waals surface area contributed by atoms with Crippen LogP contribution in [0.25, 0.3) is 22.2 Å². The summed E-state index contributed by atoms with van der Waals surface area (Å²) >= 11 is 0. The number of carbonyl (C=O) groups is 1. The maximum atomic E-state index is 11.8. The van der Waals surface area contributed by atoms with Crippen molar-refractivity contribution in [3.8, 4) is 11.1 Å².